The van der Waals surface area contributed by atoms with E-state index in [9.17, 15) is 9.59 Å². The molecule has 1 aromatic carbocycles. The molecule has 1 N–H and O–H groups in total. The molecule has 5 heteroatoms. The highest BCUT2D eigenvalue weighted by Gasteiger charge is 2.22. The Labute approximate surface area is 121 Å². The molecule has 0 spiro atoms. The lowest BCUT2D eigenvalue weighted by Crippen LogP contribution is -2.36. The second-order valence-corrected chi connectivity index (χ2v) is 5.65. The van der Waals surface area contributed by atoms with Gasteiger partial charge in [-0.2, -0.15) is 0 Å². The largest absolute Gasteiger partial charge is 0.481 e. The van der Waals surface area contributed by atoms with Gasteiger partial charge in [-0.3, -0.25) is 9.59 Å². The zero-order valence-electron chi connectivity index (χ0n) is 11.3. The van der Waals surface area contributed by atoms with Crippen LogP contribution in [0.1, 0.15) is 25.3 Å². The molecule has 0 aromatic heterocycles. The number of amides is 1. The Kier molecular flexibility index (Phi) is 5.54. The molecule has 1 amide bonds. The summed E-state index contributed by atoms with van der Waals surface area (Å²) >= 11 is 3.35. The van der Waals surface area contributed by atoms with Crippen molar-refractivity contribution in [1.82, 2.24) is 4.90 Å². The minimum Gasteiger partial charge on any atom is -0.481 e. The number of benzene rings is 1. The maximum absolute atomic E-state index is 12.2. The van der Waals surface area contributed by atoms with Crippen molar-refractivity contribution in [2.24, 2.45) is 5.92 Å². The Bertz CT molecular complexity index is 458. The number of rotatable bonds is 5. The van der Waals surface area contributed by atoms with Crippen LogP contribution in [0.25, 0.3) is 0 Å². The van der Waals surface area contributed by atoms with Gasteiger partial charge in [0.1, 0.15) is 0 Å². The Balaban J connectivity index is 2.71. The summed E-state index contributed by atoms with van der Waals surface area (Å²) in [6.45, 7) is 3.64. The number of carboxylic acid groups (broad SMARTS) is 1. The monoisotopic (exact) mass is 327 g/mol. The molecule has 2 atom stereocenters. The molecule has 0 aliphatic rings. The van der Waals surface area contributed by atoms with Crippen LogP contribution in [0.5, 0.6) is 0 Å². The van der Waals surface area contributed by atoms with Crippen LogP contribution in [0.2, 0.25) is 0 Å². The molecule has 1 rings (SSSR count). The average molecular weight is 328 g/mol. The van der Waals surface area contributed by atoms with E-state index in [4.69, 9.17) is 5.11 Å². The Hall–Kier alpha value is -1.36. The fourth-order valence-corrected chi connectivity index (χ4v) is 2.07. The molecule has 0 saturated heterocycles. The van der Waals surface area contributed by atoms with Crippen molar-refractivity contribution in [3.05, 3.63) is 34.3 Å². The molecule has 1 aromatic rings. The van der Waals surface area contributed by atoms with Crippen LogP contribution in [0.4, 0.5) is 0 Å². The number of hydrogen-bond donors (Lipinski definition) is 1. The summed E-state index contributed by atoms with van der Waals surface area (Å²) in [6.07, 6.45) is 0. The molecule has 2 unspecified atom stereocenters. The summed E-state index contributed by atoms with van der Waals surface area (Å²) in [7, 11) is 1.64. The van der Waals surface area contributed by atoms with Crippen LogP contribution < -0.4 is 0 Å². The Morgan fingerprint density at radius 3 is 2.26 bits per heavy atom. The topological polar surface area (TPSA) is 57.6 Å². The lowest BCUT2D eigenvalue weighted by Gasteiger charge is -2.23. The number of hydrogen-bond acceptors (Lipinski definition) is 2. The fraction of sp³-hybridized carbons (Fsp3) is 0.429. The van der Waals surface area contributed by atoms with Crippen molar-refractivity contribution >= 4 is 27.8 Å². The van der Waals surface area contributed by atoms with E-state index in [0.29, 0.717) is 0 Å². The van der Waals surface area contributed by atoms with Crippen LogP contribution in [-0.2, 0) is 9.59 Å². The standard InChI is InChI=1S/C14H18BrNO3/c1-9(14(18)19)8-16(3)13(17)10(2)11-4-6-12(15)7-5-11/h4-7,9-10H,8H2,1-3H3,(H,18,19). The van der Waals surface area contributed by atoms with Crippen molar-refractivity contribution in [3.8, 4) is 0 Å². The first-order chi connectivity index (χ1) is 8.82. The number of carbonyl (C=O) groups is 2. The zero-order chi connectivity index (χ0) is 14.6. The van der Waals surface area contributed by atoms with Gasteiger partial charge in [0, 0.05) is 18.1 Å². The van der Waals surface area contributed by atoms with E-state index in [1.54, 1.807) is 14.0 Å². The maximum Gasteiger partial charge on any atom is 0.308 e. The van der Waals surface area contributed by atoms with Gasteiger partial charge in [-0.1, -0.05) is 35.0 Å². The molecule has 4 nitrogen and oxygen atoms in total. The average Bonchev–Trinajstić information content (AvgIpc) is 2.37. The lowest BCUT2D eigenvalue weighted by molar-refractivity contribution is -0.142. The second-order valence-electron chi connectivity index (χ2n) is 4.73. The summed E-state index contributed by atoms with van der Waals surface area (Å²) in [6, 6.07) is 7.56. The van der Waals surface area contributed by atoms with E-state index < -0.39 is 11.9 Å². The number of aliphatic carboxylic acids is 1. The molecule has 0 aliphatic heterocycles. The summed E-state index contributed by atoms with van der Waals surface area (Å²) in [5.74, 6) is -1.81. The normalized spacial score (nSPS) is 13.7. The van der Waals surface area contributed by atoms with E-state index in [1.165, 1.54) is 4.90 Å². The van der Waals surface area contributed by atoms with Gasteiger partial charge >= 0.3 is 5.97 Å². The van der Waals surface area contributed by atoms with Crippen molar-refractivity contribution < 1.29 is 14.7 Å². The number of halogens is 1. The van der Waals surface area contributed by atoms with Gasteiger partial charge in [0.2, 0.25) is 5.91 Å². The summed E-state index contributed by atoms with van der Waals surface area (Å²) in [4.78, 5) is 24.5. The molecule has 0 bridgehead atoms. The van der Waals surface area contributed by atoms with E-state index in [2.05, 4.69) is 15.9 Å². The van der Waals surface area contributed by atoms with E-state index >= 15 is 0 Å². The molecule has 0 aliphatic carbocycles. The van der Waals surface area contributed by atoms with Crippen LogP contribution in [0.15, 0.2) is 28.7 Å². The van der Waals surface area contributed by atoms with Gasteiger partial charge in [-0.05, 0) is 24.6 Å². The van der Waals surface area contributed by atoms with Crippen molar-refractivity contribution in [2.75, 3.05) is 13.6 Å². The zero-order valence-corrected chi connectivity index (χ0v) is 12.8. The fourth-order valence-electron chi connectivity index (χ4n) is 1.80. The minimum atomic E-state index is -0.893. The molecule has 0 fully saturated rings. The third kappa shape index (κ3) is 4.35. The summed E-state index contributed by atoms with van der Waals surface area (Å²) in [5, 5.41) is 8.86. The molecule has 104 valence electrons. The van der Waals surface area contributed by atoms with Crippen LogP contribution in [0.3, 0.4) is 0 Å². The van der Waals surface area contributed by atoms with Crippen LogP contribution >= 0.6 is 15.9 Å². The van der Waals surface area contributed by atoms with Crippen molar-refractivity contribution in [2.45, 2.75) is 19.8 Å². The van der Waals surface area contributed by atoms with Gasteiger partial charge in [0.05, 0.1) is 11.8 Å². The lowest BCUT2D eigenvalue weighted by atomic mass is 9.99. The SMILES string of the molecule is CC(CN(C)C(=O)C(C)c1ccc(Br)cc1)C(=O)O. The van der Waals surface area contributed by atoms with Crippen molar-refractivity contribution in [1.29, 1.82) is 0 Å². The summed E-state index contributed by atoms with van der Waals surface area (Å²) in [5.41, 5.74) is 0.919. The summed E-state index contributed by atoms with van der Waals surface area (Å²) < 4.78 is 0.962. The third-order valence-corrected chi connectivity index (χ3v) is 3.61. The van der Waals surface area contributed by atoms with Gasteiger partial charge in [0.15, 0.2) is 0 Å². The maximum atomic E-state index is 12.2. The Morgan fingerprint density at radius 2 is 1.79 bits per heavy atom. The van der Waals surface area contributed by atoms with Crippen LogP contribution in [-0.4, -0.2) is 35.5 Å². The Morgan fingerprint density at radius 1 is 1.26 bits per heavy atom. The number of carbonyl (C=O) groups excluding carboxylic acids is 1. The molecule has 0 radical (unpaired) electrons. The predicted molar refractivity (Wildman–Crippen MR) is 77.0 cm³/mol. The smallest absolute Gasteiger partial charge is 0.308 e. The number of carboxylic acids is 1. The second kappa shape index (κ2) is 6.70. The molecule has 19 heavy (non-hydrogen) atoms. The van der Waals surface area contributed by atoms with Gasteiger partial charge in [-0.25, -0.2) is 0 Å². The highest BCUT2D eigenvalue weighted by atomic mass is 79.9. The molecule has 0 saturated carbocycles. The predicted octanol–water partition coefficient (Wildman–Crippen LogP) is 2.73. The highest BCUT2D eigenvalue weighted by Crippen LogP contribution is 2.20. The van der Waals surface area contributed by atoms with E-state index in [1.807, 2.05) is 31.2 Å². The third-order valence-electron chi connectivity index (χ3n) is 3.09. The van der Waals surface area contributed by atoms with E-state index in [-0.39, 0.29) is 18.4 Å². The van der Waals surface area contributed by atoms with Gasteiger partial charge in [-0.15, -0.1) is 0 Å². The van der Waals surface area contributed by atoms with Crippen LogP contribution in [0, 0.1) is 5.92 Å². The molecular weight excluding hydrogens is 310 g/mol. The van der Waals surface area contributed by atoms with Gasteiger partial charge < -0.3 is 10.0 Å². The number of likely N-dealkylation sites (N-methyl/N-ethyl adjacent to an activating group) is 1. The first kappa shape index (κ1) is 15.7. The van der Waals surface area contributed by atoms with Crippen molar-refractivity contribution in [3.63, 3.8) is 0 Å². The van der Waals surface area contributed by atoms with E-state index in [0.717, 1.165) is 10.0 Å². The first-order valence-corrected chi connectivity index (χ1v) is 6.85. The van der Waals surface area contributed by atoms with Gasteiger partial charge in [0.25, 0.3) is 0 Å². The minimum absolute atomic E-state index is 0.0737. The highest BCUT2D eigenvalue weighted by molar-refractivity contribution is 9.10. The number of nitrogens with zero attached hydrogens (tertiary/aromatic N) is 1. The molecule has 0 heterocycles. The first-order valence-electron chi connectivity index (χ1n) is 6.06. The quantitative estimate of drug-likeness (QED) is 0.904. The molecular formula is C14H18BrNO3.